The van der Waals surface area contributed by atoms with Crippen molar-refractivity contribution < 1.29 is 24.2 Å². The molecule has 26 heavy (non-hydrogen) atoms. The molecule has 1 aliphatic heterocycles. The van der Waals surface area contributed by atoms with Gasteiger partial charge in [0, 0.05) is 0 Å². The van der Waals surface area contributed by atoms with Gasteiger partial charge in [-0.1, -0.05) is 33.6 Å². The third-order valence-corrected chi connectivity index (χ3v) is 4.65. The van der Waals surface area contributed by atoms with E-state index in [1.54, 1.807) is 14.0 Å². The van der Waals surface area contributed by atoms with E-state index in [1.807, 2.05) is 20.8 Å². The fourth-order valence-corrected chi connectivity index (χ4v) is 2.79. The SMILES string of the molecule is CCCC[C@H](NC(=O)[C@H](CO)NC(=O)[C@@H](NC)C(C)C)C(=O)[C@@]1(C)CO1. The quantitative estimate of drug-likeness (QED) is 0.351. The summed E-state index contributed by atoms with van der Waals surface area (Å²) < 4.78 is 5.20. The molecule has 0 aromatic heterocycles. The zero-order valence-corrected chi connectivity index (χ0v) is 16.4. The Kier molecular flexibility index (Phi) is 8.66. The monoisotopic (exact) mass is 371 g/mol. The molecule has 8 heteroatoms. The number of likely N-dealkylation sites (N-methyl/N-ethyl adjacent to an activating group) is 1. The number of hydrogen-bond donors (Lipinski definition) is 4. The summed E-state index contributed by atoms with van der Waals surface area (Å²) in [6.07, 6.45) is 2.16. The lowest BCUT2D eigenvalue weighted by molar-refractivity contribution is -0.134. The summed E-state index contributed by atoms with van der Waals surface area (Å²) in [5.41, 5.74) is -0.835. The molecule has 0 saturated carbocycles. The summed E-state index contributed by atoms with van der Waals surface area (Å²) in [4.78, 5) is 37.4. The number of aliphatic hydroxyl groups excluding tert-OH is 1. The zero-order valence-electron chi connectivity index (χ0n) is 16.4. The molecule has 0 aromatic rings. The minimum absolute atomic E-state index is 0.0215. The molecule has 1 rings (SSSR count). The molecule has 4 atom stereocenters. The van der Waals surface area contributed by atoms with Gasteiger partial charge in [0.15, 0.2) is 5.78 Å². The van der Waals surface area contributed by atoms with E-state index in [1.165, 1.54) is 0 Å². The first-order valence-corrected chi connectivity index (χ1v) is 9.27. The van der Waals surface area contributed by atoms with Crippen LogP contribution in [0.5, 0.6) is 0 Å². The predicted octanol–water partition coefficient (Wildman–Crippen LogP) is -0.259. The van der Waals surface area contributed by atoms with Gasteiger partial charge in [-0.25, -0.2) is 0 Å². The molecule has 0 bridgehead atoms. The molecule has 150 valence electrons. The van der Waals surface area contributed by atoms with E-state index in [0.717, 1.165) is 12.8 Å². The van der Waals surface area contributed by atoms with Crippen molar-refractivity contribution in [3.05, 3.63) is 0 Å². The second kappa shape index (κ2) is 9.99. The lowest BCUT2D eigenvalue weighted by atomic mass is 9.96. The van der Waals surface area contributed by atoms with Gasteiger partial charge in [0.1, 0.15) is 11.6 Å². The number of epoxide rings is 1. The highest BCUT2D eigenvalue weighted by Crippen LogP contribution is 2.29. The molecule has 0 spiro atoms. The number of hydrogen-bond acceptors (Lipinski definition) is 6. The molecular weight excluding hydrogens is 338 g/mol. The molecule has 1 fully saturated rings. The first-order valence-electron chi connectivity index (χ1n) is 9.27. The molecule has 1 heterocycles. The van der Waals surface area contributed by atoms with E-state index in [-0.39, 0.29) is 17.6 Å². The summed E-state index contributed by atoms with van der Waals surface area (Å²) in [5, 5.41) is 17.6. The Morgan fingerprint density at radius 1 is 1.15 bits per heavy atom. The number of ether oxygens (including phenoxy) is 1. The van der Waals surface area contributed by atoms with Crippen LogP contribution in [0.25, 0.3) is 0 Å². The Morgan fingerprint density at radius 2 is 1.73 bits per heavy atom. The third kappa shape index (κ3) is 6.03. The largest absolute Gasteiger partial charge is 0.394 e. The lowest BCUT2D eigenvalue weighted by Crippen LogP contribution is -2.57. The average molecular weight is 371 g/mol. The van der Waals surface area contributed by atoms with Crippen molar-refractivity contribution in [3.8, 4) is 0 Å². The van der Waals surface area contributed by atoms with Crippen LogP contribution in [0.4, 0.5) is 0 Å². The number of ketones is 1. The van der Waals surface area contributed by atoms with Crippen LogP contribution in [0.15, 0.2) is 0 Å². The van der Waals surface area contributed by atoms with Crippen molar-refractivity contribution in [2.75, 3.05) is 20.3 Å². The van der Waals surface area contributed by atoms with Crippen LogP contribution in [0.3, 0.4) is 0 Å². The van der Waals surface area contributed by atoms with E-state index in [9.17, 15) is 19.5 Å². The first-order chi connectivity index (χ1) is 12.2. The minimum Gasteiger partial charge on any atom is -0.394 e. The van der Waals surface area contributed by atoms with Crippen molar-refractivity contribution in [1.82, 2.24) is 16.0 Å². The van der Waals surface area contributed by atoms with E-state index >= 15 is 0 Å². The molecule has 1 aliphatic rings. The maximum Gasteiger partial charge on any atom is 0.245 e. The second-order valence-corrected chi connectivity index (χ2v) is 7.34. The van der Waals surface area contributed by atoms with Crippen molar-refractivity contribution >= 4 is 17.6 Å². The Bertz CT molecular complexity index is 505. The topological polar surface area (TPSA) is 120 Å². The predicted molar refractivity (Wildman–Crippen MR) is 97.5 cm³/mol. The van der Waals surface area contributed by atoms with Gasteiger partial charge in [-0.05, 0) is 26.3 Å². The normalized spacial score (nSPS) is 22.4. The lowest BCUT2D eigenvalue weighted by Gasteiger charge is -2.25. The fraction of sp³-hybridized carbons (Fsp3) is 0.833. The maximum atomic E-state index is 12.5. The van der Waals surface area contributed by atoms with Gasteiger partial charge in [0.05, 0.1) is 25.3 Å². The van der Waals surface area contributed by atoms with Gasteiger partial charge in [0.2, 0.25) is 11.8 Å². The highest BCUT2D eigenvalue weighted by molar-refractivity contribution is 5.98. The Morgan fingerprint density at radius 3 is 2.15 bits per heavy atom. The Labute approximate surface area is 155 Å². The highest BCUT2D eigenvalue weighted by Gasteiger charge is 2.50. The summed E-state index contributed by atoms with van der Waals surface area (Å²) in [6.45, 7) is 7.26. The summed E-state index contributed by atoms with van der Waals surface area (Å²) >= 11 is 0. The van der Waals surface area contributed by atoms with E-state index in [0.29, 0.717) is 13.0 Å². The molecule has 1 saturated heterocycles. The number of carbonyl (C=O) groups is 3. The van der Waals surface area contributed by atoms with Crippen LogP contribution in [0, 0.1) is 5.92 Å². The molecule has 0 aromatic carbocycles. The van der Waals surface area contributed by atoms with E-state index < -0.39 is 36.2 Å². The van der Waals surface area contributed by atoms with Gasteiger partial charge < -0.3 is 25.8 Å². The number of amides is 2. The summed E-state index contributed by atoms with van der Waals surface area (Å²) in [5.74, 6) is -1.09. The summed E-state index contributed by atoms with van der Waals surface area (Å²) in [6, 6.07) is -2.28. The number of nitrogens with one attached hydrogen (secondary N) is 3. The van der Waals surface area contributed by atoms with Crippen molar-refractivity contribution in [1.29, 1.82) is 0 Å². The van der Waals surface area contributed by atoms with Crippen LogP contribution in [0.1, 0.15) is 47.0 Å². The van der Waals surface area contributed by atoms with Crippen molar-refractivity contribution in [2.24, 2.45) is 5.92 Å². The molecule has 8 nitrogen and oxygen atoms in total. The van der Waals surface area contributed by atoms with Crippen LogP contribution in [-0.4, -0.2) is 66.7 Å². The van der Waals surface area contributed by atoms with Crippen molar-refractivity contribution in [2.45, 2.75) is 70.7 Å². The zero-order chi connectivity index (χ0) is 19.9. The number of unbranched alkanes of at least 4 members (excludes halogenated alkanes) is 1. The second-order valence-electron chi connectivity index (χ2n) is 7.34. The van der Waals surface area contributed by atoms with Gasteiger partial charge in [0.25, 0.3) is 0 Å². The molecular formula is C18H33N3O5. The van der Waals surface area contributed by atoms with Crippen LogP contribution < -0.4 is 16.0 Å². The Hall–Kier alpha value is -1.51. The molecule has 0 aliphatic carbocycles. The van der Waals surface area contributed by atoms with Gasteiger partial charge in [-0.2, -0.15) is 0 Å². The maximum absolute atomic E-state index is 12.5. The average Bonchev–Trinajstić information content (AvgIpc) is 3.34. The number of rotatable bonds is 12. The van der Waals surface area contributed by atoms with Crippen molar-refractivity contribution in [3.63, 3.8) is 0 Å². The molecule has 0 radical (unpaired) electrons. The van der Waals surface area contributed by atoms with Gasteiger partial charge >= 0.3 is 0 Å². The summed E-state index contributed by atoms with van der Waals surface area (Å²) in [7, 11) is 1.66. The molecule has 2 amide bonds. The van der Waals surface area contributed by atoms with Crippen LogP contribution >= 0.6 is 0 Å². The molecule has 4 N–H and O–H groups in total. The van der Waals surface area contributed by atoms with Crippen LogP contribution in [0.2, 0.25) is 0 Å². The van der Waals surface area contributed by atoms with Gasteiger partial charge in [-0.15, -0.1) is 0 Å². The highest BCUT2D eigenvalue weighted by atomic mass is 16.6. The minimum atomic E-state index is -1.11. The van der Waals surface area contributed by atoms with E-state index in [2.05, 4.69) is 16.0 Å². The number of aliphatic hydroxyl groups is 1. The number of carbonyl (C=O) groups excluding carboxylic acids is 3. The first kappa shape index (κ1) is 22.5. The Balaban J connectivity index is 2.75. The number of Topliss-reactive ketones (excluding diaryl/α,β-unsaturated/α-hetero) is 1. The third-order valence-electron chi connectivity index (χ3n) is 4.65. The molecule has 0 unspecified atom stereocenters. The van der Waals surface area contributed by atoms with Gasteiger partial charge in [-0.3, -0.25) is 14.4 Å². The standard InChI is InChI=1S/C18H33N3O5/c1-6-7-8-12(15(23)18(4)10-26-18)20-16(24)13(9-22)21-17(25)14(19-5)11(2)3/h11-14,19,22H,6-10H2,1-5H3,(H,20,24)(H,21,25)/t12-,13-,14-,18+/m0/s1. The smallest absolute Gasteiger partial charge is 0.245 e. The van der Waals surface area contributed by atoms with E-state index in [4.69, 9.17) is 4.74 Å². The van der Waals surface area contributed by atoms with Crippen LogP contribution in [-0.2, 0) is 19.1 Å². The fourth-order valence-electron chi connectivity index (χ4n) is 2.79.